The van der Waals surface area contributed by atoms with Crippen LogP contribution < -0.4 is 11.0 Å². The molecule has 0 saturated heterocycles. The van der Waals surface area contributed by atoms with E-state index in [9.17, 15) is 4.79 Å². The second-order valence-electron chi connectivity index (χ2n) is 4.76. The minimum absolute atomic E-state index is 0.0271. The summed E-state index contributed by atoms with van der Waals surface area (Å²) in [6.45, 7) is 3.74. The van der Waals surface area contributed by atoms with Crippen LogP contribution in [0.4, 0.5) is 0 Å². The van der Waals surface area contributed by atoms with Gasteiger partial charge in [0, 0.05) is 26.0 Å². The quantitative estimate of drug-likeness (QED) is 0.861. The molecule has 0 saturated carbocycles. The largest absolute Gasteiger partial charge is 0.327 e. The van der Waals surface area contributed by atoms with E-state index in [-0.39, 0.29) is 11.7 Å². The highest BCUT2D eigenvalue weighted by molar-refractivity contribution is 5.18. The number of rotatable bonds is 6. The van der Waals surface area contributed by atoms with E-state index < -0.39 is 0 Å². The molecule has 1 atom stereocenters. The molecule has 0 spiro atoms. The smallest absolute Gasteiger partial charge is 0.308 e. The monoisotopic (exact) mass is 259 g/mol. The molecule has 4 heteroatoms. The van der Waals surface area contributed by atoms with Gasteiger partial charge in [0.15, 0.2) is 0 Å². The van der Waals surface area contributed by atoms with E-state index in [1.807, 2.05) is 24.4 Å². The maximum Gasteiger partial charge on any atom is 0.327 e. The third-order valence-corrected chi connectivity index (χ3v) is 3.24. The fraction of sp³-hybridized carbons (Fsp3) is 0.400. The van der Waals surface area contributed by atoms with Gasteiger partial charge in [0.1, 0.15) is 0 Å². The normalized spacial score (nSPS) is 12.5. The van der Waals surface area contributed by atoms with Crippen LogP contribution in [0.25, 0.3) is 0 Å². The average Bonchev–Trinajstić information content (AvgIpc) is 2.76. The van der Waals surface area contributed by atoms with Gasteiger partial charge in [0.2, 0.25) is 0 Å². The van der Waals surface area contributed by atoms with Crippen molar-refractivity contribution in [2.45, 2.75) is 25.9 Å². The van der Waals surface area contributed by atoms with Gasteiger partial charge in [-0.25, -0.2) is 4.79 Å². The Morgan fingerprint density at radius 2 is 1.95 bits per heavy atom. The SMILES string of the molecule is CCCNC(Cn1ccn(C)c1=O)c1ccccc1. The first-order valence-corrected chi connectivity index (χ1v) is 6.72. The van der Waals surface area contributed by atoms with Crippen LogP contribution in [0.5, 0.6) is 0 Å². The van der Waals surface area contributed by atoms with Gasteiger partial charge in [-0.3, -0.25) is 4.57 Å². The first kappa shape index (κ1) is 13.6. The summed E-state index contributed by atoms with van der Waals surface area (Å²) in [5.74, 6) is 0. The highest BCUT2D eigenvalue weighted by atomic mass is 16.1. The standard InChI is InChI=1S/C15H21N3O/c1-3-9-16-14(13-7-5-4-6-8-13)12-18-11-10-17(2)15(18)19/h4-8,10-11,14,16H,3,9,12H2,1-2H3. The maximum atomic E-state index is 11.9. The van der Waals surface area contributed by atoms with E-state index >= 15 is 0 Å². The topological polar surface area (TPSA) is 39.0 Å². The van der Waals surface area contributed by atoms with Crippen LogP contribution in [0.15, 0.2) is 47.5 Å². The van der Waals surface area contributed by atoms with E-state index in [4.69, 9.17) is 0 Å². The van der Waals surface area contributed by atoms with Crippen LogP contribution in [-0.2, 0) is 13.6 Å². The van der Waals surface area contributed by atoms with Gasteiger partial charge >= 0.3 is 5.69 Å². The third-order valence-electron chi connectivity index (χ3n) is 3.24. The Balaban J connectivity index is 2.19. The summed E-state index contributed by atoms with van der Waals surface area (Å²) in [6, 6.07) is 10.4. The van der Waals surface area contributed by atoms with Crippen LogP contribution >= 0.6 is 0 Å². The lowest BCUT2D eigenvalue weighted by Gasteiger charge is -2.19. The maximum absolute atomic E-state index is 11.9. The predicted octanol–water partition coefficient (Wildman–Crippen LogP) is 1.93. The zero-order valence-electron chi connectivity index (χ0n) is 11.5. The summed E-state index contributed by atoms with van der Waals surface area (Å²) in [4.78, 5) is 11.9. The Hall–Kier alpha value is -1.81. The number of hydrogen-bond donors (Lipinski definition) is 1. The molecule has 1 unspecified atom stereocenters. The second kappa shape index (κ2) is 6.38. The molecular formula is C15H21N3O. The first-order chi connectivity index (χ1) is 9.22. The van der Waals surface area contributed by atoms with Crippen LogP contribution in [0.3, 0.4) is 0 Å². The van der Waals surface area contributed by atoms with Gasteiger partial charge in [-0.2, -0.15) is 0 Å². The van der Waals surface area contributed by atoms with Crippen molar-refractivity contribution in [3.05, 3.63) is 58.8 Å². The Morgan fingerprint density at radius 3 is 2.53 bits per heavy atom. The molecule has 102 valence electrons. The molecule has 0 aliphatic carbocycles. The molecule has 0 fully saturated rings. The van der Waals surface area contributed by atoms with Gasteiger partial charge in [0.25, 0.3) is 0 Å². The van der Waals surface area contributed by atoms with Gasteiger partial charge in [0.05, 0.1) is 6.04 Å². The van der Waals surface area contributed by atoms with Crippen molar-refractivity contribution in [3.63, 3.8) is 0 Å². The zero-order chi connectivity index (χ0) is 13.7. The van der Waals surface area contributed by atoms with E-state index in [1.54, 1.807) is 22.4 Å². The number of benzene rings is 1. The zero-order valence-corrected chi connectivity index (χ0v) is 11.5. The Morgan fingerprint density at radius 1 is 1.21 bits per heavy atom. The predicted molar refractivity (Wildman–Crippen MR) is 77.1 cm³/mol. The highest BCUT2D eigenvalue weighted by Crippen LogP contribution is 2.14. The van der Waals surface area contributed by atoms with E-state index in [2.05, 4.69) is 24.4 Å². The van der Waals surface area contributed by atoms with E-state index in [0.29, 0.717) is 6.54 Å². The molecule has 2 aromatic rings. The summed E-state index contributed by atoms with van der Waals surface area (Å²) in [6.07, 6.45) is 4.71. The lowest BCUT2D eigenvalue weighted by molar-refractivity contribution is 0.454. The van der Waals surface area contributed by atoms with Gasteiger partial charge in [-0.05, 0) is 18.5 Å². The molecule has 0 aliphatic heterocycles. The molecule has 1 heterocycles. The molecule has 0 bridgehead atoms. The number of aromatic nitrogens is 2. The van der Waals surface area contributed by atoms with E-state index in [0.717, 1.165) is 13.0 Å². The fourth-order valence-electron chi connectivity index (χ4n) is 2.14. The molecule has 1 aromatic carbocycles. The van der Waals surface area contributed by atoms with Crippen LogP contribution in [-0.4, -0.2) is 15.7 Å². The van der Waals surface area contributed by atoms with Crippen molar-refractivity contribution in [1.82, 2.24) is 14.5 Å². The molecule has 19 heavy (non-hydrogen) atoms. The third kappa shape index (κ3) is 3.35. The summed E-state index contributed by atoms with van der Waals surface area (Å²) in [7, 11) is 1.77. The number of hydrogen-bond acceptors (Lipinski definition) is 2. The minimum atomic E-state index is 0.0271. The fourth-order valence-corrected chi connectivity index (χ4v) is 2.14. The second-order valence-corrected chi connectivity index (χ2v) is 4.76. The van der Waals surface area contributed by atoms with Crippen molar-refractivity contribution in [2.24, 2.45) is 7.05 Å². The number of imidazole rings is 1. The molecule has 4 nitrogen and oxygen atoms in total. The molecule has 0 aliphatic rings. The van der Waals surface area contributed by atoms with Gasteiger partial charge < -0.3 is 9.88 Å². The lowest BCUT2D eigenvalue weighted by Crippen LogP contribution is -2.31. The van der Waals surface area contributed by atoms with Crippen molar-refractivity contribution in [1.29, 1.82) is 0 Å². The van der Waals surface area contributed by atoms with Gasteiger partial charge in [-0.15, -0.1) is 0 Å². The molecule has 1 N–H and O–H groups in total. The Bertz CT molecular complexity index is 556. The summed E-state index contributed by atoms with van der Waals surface area (Å²) < 4.78 is 3.35. The Kier molecular flexibility index (Phi) is 4.58. The summed E-state index contributed by atoms with van der Waals surface area (Å²) >= 11 is 0. The van der Waals surface area contributed by atoms with Crippen molar-refractivity contribution in [2.75, 3.05) is 6.54 Å². The van der Waals surface area contributed by atoms with Crippen LogP contribution in [0.2, 0.25) is 0 Å². The van der Waals surface area contributed by atoms with Gasteiger partial charge in [-0.1, -0.05) is 37.3 Å². The van der Waals surface area contributed by atoms with Crippen LogP contribution in [0.1, 0.15) is 24.9 Å². The molecule has 2 rings (SSSR count). The highest BCUT2D eigenvalue weighted by Gasteiger charge is 2.12. The van der Waals surface area contributed by atoms with Crippen molar-refractivity contribution < 1.29 is 0 Å². The molecular weight excluding hydrogens is 238 g/mol. The Labute approximate surface area is 113 Å². The number of nitrogens with zero attached hydrogens (tertiary/aromatic N) is 2. The first-order valence-electron chi connectivity index (χ1n) is 6.72. The van der Waals surface area contributed by atoms with Crippen molar-refractivity contribution in [3.8, 4) is 0 Å². The molecule has 0 amide bonds. The lowest BCUT2D eigenvalue weighted by atomic mass is 10.1. The summed E-state index contributed by atoms with van der Waals surface area (Å²) in [5.41, 5.74) is 1.24. The minimum Gasteiger partial charge on any atom is -0.308 e. The molecule has 1 aromatic heterocycles. The number of nitrogens with one attached hydrogen (secondary N) is 1. The molecule has 0 radical (unpaired) electrons. The summed E-state index contributed by atoms with van der Waals surface area (Å²) in [5, 5.41) is 3.50. The van der Waals surface area contributed by atoms with Crippen molar-refractivity contribution >= 4 is 0 Å². The van der Waals surface area contributed by atoms with Crippen LogP contribution in [0, 0.1) is 0 Å². The van der Waals surface area contributed by atoms with E-state index in [1.165, 1.54) is 5.56 Å². The number of aryl methyl sites for hydroxylation is 1. The average molecular weight is 259 g/mol.